The lowest BCUT2D eigenvalue weighted by atomic mass is 9.99. The fraction of sp³-hybridized carbons (Fsp3) is 0.600. The van der Waals surface area contributed by atoms with Gasteiger partial charge in [-0.25, -0.2) is 0 Å². The van der Waals surface area contributed by atoms with Crippen LogP contribution < -0.4 is 16.0 Å². The van der Waals surface area contributed by atoms with Gasteiger partial charge in [-0.3, -0.25) is 0 Å². The minimum atomic E-state index is 0.130. The first-order valence-corrected chi connectivity index (χ1v) is 7.07. The van der Waals surface area contributed by atoms with Crippen LogP contribution in [0, 0.1) is 0 Å². The predicted molar refractivity (Wildman–Crippen MR) is 76.0 cm³/mol. The molecule has 2 fully saturated rings. The number of nitrogens with two attached hydrogens (primary N) is 1. The monoisotopic (exact) mass is 245 g/mol. The van der Waals surface area contributed by atoms with Crippen molar-refractivity contribution in [2.24, 2.45) is 5.73 Å². The largest absolute Gasteiger partial charge is 0.366 e. The number of anilines is 1. The van der Waals surface area contributed by atoms with Crippen LogP contribution in [0.5, 0.6) is 0 Å². The maximum Gasteiger partial charge on any atom is 0.0430 e. The third-order valence-corrected chi connectivity index (χ3v) is 4.39. The van der Waals surface area contributed by atoms with E-state index in [0.29, 0.717) is 12.1 Å². The minimum absolute atomic E-state index is 0.130. The normalized spacial score (nSPS) is 27.8. The predicted octanol–water partition coefficient (Wildman–Crippen LogP) is 1.82. The van der Waals surface area contributed by atoms with Gasteiger partial charge in [0.2, 0.25) is 0 Å². The fourth-order valence-electron chi connectivity index (χ4n) is 3.40. The number of fused-ring (bicyclic) bond motifs is 2. The van der Waals surface area contributed by atoms with E-state index >= 15 is 0 Å². The van der Waals surface area contributed by atoms with Gasteiger partial charge in [-0.1, -0.05) is 13.0 Å². The molecule has 2 aliphatic rings. The molecule has 0 amide bonds. The fourth-order valence-corrected chi connectivity index (χ4v) is 3.40. The number of nitrogens with zero attached hydrogens (tertiary/aromatic N) is 1. The van der Waals surface area contributed by atoms with Crippen LogP contribution in [-0.2, 0) is 6.42 Å². The summed E-state index contributed by atoms with van der Waals surface area (Å²) in [5.74, 6) is 0. The summed E-state index contributed by atoms with van der Waals surface area (Å²) < 4.78 is 0. The van der Waals surface area contributed by atoms with E-state index < -0.39 is 0 Å². The molecule has 2 heterocycles. The molecule has 3 rings (SSSR count). The Morgan fingerprint density at radius 2 is 2.33 bits per heavy atom. The summed E-state index contributed by atoms with van der Waals surface area (Å²) in [7, 11) is 0. The van der Waals surface area contributed by atoms with Gasteiger partial charge in [-0.15, -0.1) is 0 Å². The van der Waals surface area contributed by atoms with E-state index in [2.05, 4.69) is 42.3 Å². The highest BCUT2D eigenvalue weighted by Crippen LogP contribution is 2.31. The van der Waals surface area contributed by atoms with Gasteiger partial charge in [0, 0.05) is 36.9 Å². The number of nitrogens with one attached hydrogen (secondary N) is 1. The third-order valence-electron chi connectivity index (χ3n) is 4.39. The molecule has 18 heavy (non-hydrogen) atoms. The quantitative estimate of drug-likeness (QED) is 0.853. The molecule has 0 saturated carbocycles. The molecule has 3 atom stereocenters. The van der Waals surface area contributed by atoms with Crippen LogP contribution in [0.1, 0.15) is 37.4 Å². The molecule has 0 aromatic heterocycles. The molecule has 1 unspecified atom stereocenters. The van der Waals surface area contributed by atoms with Crippen molar-refractivity contribution in [1.29, 1.82) is 0 Å². The molecule has 1 aromatic rings. The van der Waals surface area contributed by atoms with Gasteiger partial charge in [0.1, 0.15) is 0 Å². The van der Waals surface area contributed by atoms with Crippen LogP contribution in [0.25, 0.3) is 0 Å². The lowest BCUT2D eigenvalue weighted by molar-refractivity contribution is 0.580. The lowest BCUT2D eigenvalue weighted by Gasteiger charge is -2.30. The maximum atomic E-state index is 6.03. The van der Waals surface area contributed by atoms with Crippen LogP contribution in [0.2, 0.25) is 0 Å². The summed E-state index contributed by atoms with van der Waals surface area (Å²) >= 11 is 0. The summed E-state index contributed by atoms with van der Waals surface area (Å²) in [5.41, 5.74) is 10.1. The standard InChI is InChI=1S/C15H23N3/c1-3-11-6-13(4-5-15(11)10(2)16)18-9-12-7-14(18)8-17-12/h4-6,10,12,14,17H,3,7-9,16H2,1-2H3/t10?,12-,14-/m0/s1. The molecule has 0 spiro atoms. The van der Waals surface area contributed by atoms with Gasteiger partial charge in [0.05, 0.1) is 0 Å². The van der Waals surface area contributed by atoms with Crippen molar-refractivity contribution in [3.63, 3.8) is 0 Å². The number of hydrogen-bond acceptors (Lipinski definition) is 3. The summed E-state index contributed by atoms with van der Waals surface area (Å²) in [6.07, 6.45) is 2.36. The molecule has 0 radical (unpaired) electrons. The number of piperazine rings is 1. The van der Waals surface area contributed by atoms with E-state index in [1.807, 2.05) is 0 Å². The molecule has 3 N–H and O–H groups in total. The summed E-state index contributed by atoms with van der Waals surface area (Å²) in [4.78, 5) is 2.56. The minimum Gasteiger partial charge on any atom is -0.366 e. The van der Waals surface area contributed by atoms with Crippen molar-refractivity contribution in [2.75, 3.05) is 18.0 Å². The first-order chi connectivity index (χ1) is 8.69. The molecular weight excluding hydrogens is 222 g/mol. The maximum absolute atomic E-state index is 6.03. The Labute approximate surface area is 109 Å². The van der Waals surface area contributed by atoms with Gasteiger partial charge in [-0.2, -0.15) is 0 Å². The third kappa shape index (κ3) is 1.91. The Morgan fingerprint density at radius 1 is 1.50 bits per heavy atom. The lowest BCUT2D eigenvalue weighted by Crippen LogP contribution is -2.43. The summed E-state index contributed by atoms with van der Waals surface area (Å²) in [6, 6.07) is 8.34. The van der Waals surface area contributed by atoms with E-state index in [-0.39, 0.29) is 6.04 Å². The van der Waals surface area contributed by atoms with E-state index in [0.717, 1.165) is 19.5 Å². The van der Waals surface area contributed by atoms with E-state index in [1.54, 1.807) is 0 Å². The summed E-state index contributed by atoms with van der Waals surface area (Å²) in [6.45, 7) is 6.57. The second kappa shape index (κ2) is 4.56. The zero-order chi connectivity index (χ0) is 12.7. The highest BCUT2D eigenvalue weighted by atomic mass is 15.3. The van der Waals surface area contributed by atoms with Crippen molar-refractivity contribution in [2.45, 2.75) is 44.8 Å². The second-order valence-corrected chi connectivity index (χ2v) is 5.67. The topological polar surface area (TPSA) is 41.3 Å². The van der Waals surface area contributed by atoms with Gasteiger partial charge >= 0.3 is 0 Å². The average molecular weight is 245 g/mol. The number of hydrogen-bond donors (Lipinski definition) is 2. The van der Waals surface area contributed by atoms with Crippen molar-refractivity contribution in [3.05, 3.63) is 29.3 Å². The Kier molecular flexibility index (Phi) is 3.04. The van der Waals surface area contributed by atoms with E-state index in [9.17, 15) is 0 Å². The smallest absolute Gasteiger partial charge is 0.0430 e. The molecule has 0 aliphatic carbocycles. The molecule has 1 aromatic carbocycles. The zero-order valence-corrected chi connectivity index (χ0v) is 11.3. The second-order valence-electron chi connectivity index (χ2n) is 5.67. The van der Waals surface area contributed by atoms with Gasteiger partial charge in [0.15, 0.2) is 0 Å². The van der Waals surface area contributed by atoms with Crippen LogP contribution >= 0.6 is 0 Å². The number of benzene rings is 1. The number of aryl methyl sites for hydroxylation is 1. The van der Waals surface area contributed by atoms with Gasteiger partial charge < -0.3 is 16.0 Å². The Hall–Kier alpha value is -1.06. The Balaban J connectivity index is 1.89. The molecule has 3 nitrogen and oxygen atoms in total. The van der Waals surface area contributed by atoms with Crippen LogP contribution in [0.4, 0.5) is 5.69 Å². The first kappa shape index (κ1) is 12.0. The molecule has 2 aliphatic heterocycles. The van der Waals surface area contributed by atoms with Crippen LogP contribution in [0.15, 0.2) is 18.2 Å². The first-order valence-electron chi connectivity index (χ1n) is 7.07. The molecular formula is C15H23N3. The van der Waals surface area contributed by atoms with Crippen molar-refractivity contribution in [1.82, 2.24) is 5.32 Å². The Morgan fingerprint density at radius 3 is 2.89 bits per heavy atom. The molecule has 2 bridgehead atoms. The van der Waals surface area contributed by atoms with Gasteiger partial charge in [0.25, 0.3) is 0 Å². The van der Waals surface area contributed by atoms with Crippen molar-refractivity contribution >= 4 is 5.69 Å². The van der Waals surface area contributed by atoms with Crippen molar-refractivity contribution < 1.29 is 0 Å². The number of rotatable bonds is 3. The van der Waals surface area contributed by atoms with Crippen LogP contribution in [-0.4, -0.2) is 25.2 Å². The molecule has 98 valence electrons. The summed E-state index contributed by atoms with van der Waals surface area (Å²) in [5, 5.41) is 3.55. The van der Waals surface area contributed by atoms with E-state index in [4.69, 9.17) is 5.73 Å². The Bertz CT molecular complexity index is 441. The van der Waals surface area contributed by atoms with Gasteiger partial charge in [-0.05, 0) is 43.0 Å². The van der Waals surface area contributed by atoms with E-state index in [1.165, 1.54) is 23.2 Å². The average Bonchev–Trinajstić information content (AvgIpc) is 3.00. The SMILES string of the molecule is CCc1cc(N2C[C@@H]3C[C@H]2CN3)ccc1C(C)N. The highest BCUT2D eigenvalue weighted by Gasteiger charge is 2.37. The molecule has 3 heteroatoms. The highest BCUT2D eigenvalue weighted by molar-refractivity contribution is 5.54. The zero-order valence-electron chi connectivity index (χ0n) is 11.3. The molecule has 2 saturated heterocycles. The van der Waals surface area contributed by atoms with Crippen LogP contribution in [0.3, 0.4) is 0 Å². The van der Waals surface area contributed by atoms with Crippen molar-refractivity contribution in [3.8, 4) is 0 Å².